The Balaban J connectivity index is 2.05. The van der Waals surface area contributed by atoms with Crippen molar-refractivity contribution in [2.45, 2.75) is 37.6 Å². The highest BCUT2D eigenvalue weighted by atomic mass is 19.1. The summed E-state index contributed by atoms with van der Waals surface area (Å²) in [5, 5.41) is 47.7. The molecule has 1 fully saturated rings. The molecule has 5 N–H and O–H groups in total. The highest BCUT2D eigenvalue weighted by Gasteiger charge is 2.45. The summed E-state index contributed by atoms with van der Waals surface area (Å²) in [6.07, 6.45) is -8.16. The van der Waals surface area contributed by atoms with Gasteiger partial charge in [0.15, 0.2) is 17.1 Å². The van der Waals surface area contributed by atoms with Crippen molar-refractivity contribution in [3.8, 4) is 11.5 Å². The lowest BCUT2D eigenvalue weighted by molar-refractivity contribution is -0.277. The van der Waals surface area contributed by atoms with Crippen LogP contribution in [0, 0.1) is 18.6 Å². The molecule has 3 rings (SSSR count). The first-order valence-corrected chi connectivity index (χ1v) is 7.78. The van der Waals surface area contributed by atoms with Crippen LogP contribution in [-0.2, 0) is 4.74 Å². The van der Waals surface area contributed by atoms with Crippen molar-refractivity contribution in [1.82, 2.24) is 0 Å². The zero-order valence-corrected chi connectivity index (χ0v) is 13.8. The molecule has 5 atom stereocenters. The number of aliphatic hydroxyl groups is 4. The zero-order valence-electron chi connectivity index (χ0n) is 13.8. The lowest BCUT2D eigenvalue weighted by Crippen LogP contribution is -2.60. The Hall–Kier alpha value is -2.31. The molecule has 11 heteroatoms. The van der Waals surface area contributed by atoms with Gasteiger partial charge in [0.05, 0.1) is 6.61 Å². The number of phenols is 1. The van der Waals surface area contributed by atoms with E-state index in [2.05, 4.69) is 0 Å². The minimum Gasteiger partial charge on any atom is -0.503 e. The van der Waals surface area contributed by atoms with E-state index in [0.717, 1.165) is 6.07 Å². The fraction of sp³-hybridized carbons (Fsp3) is 0.438. The average Bonchev–Trinajstić information content (AvgIpc) is 2.64. The second-order valence-corrected chi connectivity index (χ2v) is 6.06. The van der Waals surface area contributed by atoms with Crippen molar-refractivity contribution in [1.29, 1.82) is 0 Å². The molecular formula is C16H16F2O9. The average molecular weight is 390 g/mol. The molecule has 2 heterocycles. The molecule has 0 saturated carbocycles. The Morgan fingerprint density at radius 1 is 1.19 bits per heavy atom. The van der Waals surface area contributed by atoms with Gasteiger partial charge in [0, 0.05) is 10.9 Å². The number of aryl methyl sites for hydroxylation is 1. The van der Waals surface area contributed by atoms with Gasteiger partial charge in [-0.25, -0.2) is 9.18 Å². The van der Waals surface area contributed by atoms with Crippen LogP contribution < -0.4 is 10.4 Å². The number of ether oxygens (including phenoxy) is 2. The maximum atomic E-state index is 13.9. The predicted octanol–water partition coefficient (Wildman–Crippen LogP) is -0.736. The highest BCUT2D eigenvalue weighted by molar-refractivity contribution is 5.84. The molecule has 0 aliphatic carbocycles. The SMILES string of the molecule is Cc1c(OC2O[C@H](CO)[C@H](O)[C@H](O)[C@H]2O)c(=O)oc2c(F)c(O)c(F)cc12. The Morgan fingerprint density at radius 2 is 1.85 bits per heavy atom. The summed E-state index contributed by atoms with van der Waals surface area (Å²) < 4.78 is 42.7. The predicted molar refractivity (Wildman–Crippen MR) is 83.2 cm³/mol. The van der Waals surface area contributed by atoms with Gasteiger partial charge in [0.1, 0.15) is 24.4 Å². The largest absolute Gasteiger partial charge is 0.503 e. The van der Waals surface area contributed by atoms with Gasteiger partial charge >= 0.3 is 5.63 Å². The van der Waals surface area contributed by atoms with E-state index in [1.165, 1.54) is 6.92 Å². The summed E-state index contributed by atoms with van der Waals surface area (Å²) in [6.45, 7) is 0.556. The normalized spacial score (nSPS) is 28.5. The van der Waals surface area contributed by atoms with E-state index in [1.807, 2.05) is 0 Å². The zero-order chi connectivity index (χ0) is 20.0. The van der Waals surface area contributed by atoms with Gasteiger partial charge in [0.2, 0.25) is 17.9 Å². The van der Waals surface area contributed by atoms with E-state index >= 15 is 0 Å². The van der Waals surface area contributed by atoms with Crippen molar-refractivity contribution >= 4 is 11.0 Å². The molecule has 0 radical (unpaired) electrons. The molecule has 27 heavy (non-hydrogen) atoms. The van der Waals surface area contributed by atoms with Crippen LogP contribution in [0.1, 0.15) is 5.56 Å². The molecule has 1 unspecified atom stereocenters. The summed E-state index contributed by atoms with van der Waals surface area (Å²) in [5.74, 6) is -4.65. The number of hydrogen-bond acceptors (Lipinski definition) is 9. The molecule has 1 aromatic carbocycles. The fourth-order valence-corrected chi connectivity index (χ4v) is 2.80. The topological polar surface area (TPSA) is 150 Å². The van der Waals surface area contributed by atoms with Crippen molar-refractivity contribution in [2.24, 2.45) is 0 Å². The number of hydrogen-bond donors (Lipinski definition) is 5. The van der Waals surface area contributed by atoms with Crippen LogP contribution >= 0.6 is 0 Å². The second-order valence-electron chi connectivity index (χ2n) is 6.06. The first kappa shape index (κ1) is 19.5. The van der Waals surface area contributed by atoms with E-state index in [1.54, 1.807) is 0 Å². The number of rotatable bonds is 3. The summed E-state index contributed by atoms with van der Waals surface area (Å²) in [7, 11) is 0. The second kappa shape index (κ2) is 7.02. The van der Waals surface area contributed by atoms with Crippen LogP contribution in [0.15, 0.2) is 15.3 Å². The van der Waals surface area contributed by atoms with E-state index in [9.17, 15) is 34.0 Å². The monoisotopic (exact) mass is 390 g/mol. The molecule has 0 spiro atoms. The molecular weight excluding hydrogens is 374 g/mol. The van der Waals surface area contributed by atoms with Crippen molar-refractivity contribution in [3.05, 3.63) is 33.7 Å². The smallest absolute Gasteiger partial charge is 0.379 e. The number of fused-ring (bicyclic) bond motifs is 1. The van der Waals surface area contributed by atoms with Crippen molar-refractivity contribution in [3.63, 3.8) is 0 Å². The molecule has 1 aliphatic rings. The Bertz CT molecular complexity index is 926. The molecule has 1 aromatic heterocycles. The number of halogens is 2. The lowest BCUT2D eigenvalue weighted by Gasteiger charge is -2.39. The molecule has 1 aliphatic heterocycles. The summed E-state index contributed by atoms with van der Waals surface area (Å²) in [4.78, 5) is 12.1. The summed E-state index contributed by atoms with van der Waals surface area (Å²) in [5.41, 5.74) is -2.00. The first-order chi connectivity index (χ1) is 12.7. The van der Waals surface area contributed by atoms with Gasteiger partial charge in [0.25, 0.3) is 0 Å². The van der Waals surface area contributed by atoms with Crippen LogP contribution in [0.25, 0.3) is 11.0 Å². The van der Waals surface area contributed by atoms with Crippen molar-refractivity contribution < 1.29 is 48.2 Å². The number of phenolic OH excluding ortho intramolecular Hbond substituents is 1. The number of benzene rings is 1. The van der Waals surface area contributed by atoms with Crippen LogP contribution in [0.5, 0.6) is 11.5 Å². The Morgan fingerprint density at radius 3 is 2.48 bits per heavy atom. The molecule has 9 nitrogen and oxygen atoms in total. The Labute approximate surface area is 149 Å². The van der Waals surface area contributed by atoms with Gasteiger partial charge in [-0.1, -0.05) is 0 Å². The molecule has 2 aromatic rings. The minimum atomic E-state index is -1.80. The lowest BCUT2D eigenvalue weighted by atomic mass is 9.99. The third-order valence-electron chi connectivity index (χ3n) is 4.36. The highest BCUT2D eigenvalue weighted by Crippen LogP contribution is 2.33. The van der Waals surface area contributed by atoms with E-state index in [-0.39, 0.29) is 10.9 Å². The van der Waals surface area contributed by atoms with Crippen LogP contribution in [0.4, 0.5) is 8.78 Å². The van der Waals surface area contributed by atoms with Gasteiger partial charge in [-0.3, -0.25) is 0 Å². The van der Waals surface area contributed by atoms with E-state index in [0.29, 0.717) is 0 Å². The summed E-state index contributed by atoms with van der Waals surface area (Å²) in [6, 6.07) is 0.728. The maximum Gasteiger partial charge on any atom is 0.379 e. The van der Waals surface area contributed by atoms with Gasteiger partial charge in [-0.2, -0.15) is 4.39 Å². The maximum absolute atomic E-state index is 13.9. The van der Waals surface area contributed by atoms with Crippen LogP contribution in [0.2, 0.25) is 0 Å². The number of aliphatic hydroxyl groups excluding tert-OH is 4. The van der Waals surface area contributed by atoms with Gasteiger partial charge < -0.3 is 39.4 Å². The Kier molecular flexibility index (Phi) is 5.06. The third kappa shape index (κ3) is 3.13. The molecule has 148 valence electrons. The van der Waals surface area contributed by atoms with Crippen LogP contribution in [-0.4, -0.2) is 62.8 Å². The quantitative estimate of drug-likeness (QED) is 0.427. The minimum absolute atomic E-state index is 0.0870. The van der Waals surface area contributed by atoms with Gasteiger partial charge in [-0.05, 0) is 13.0 Å². The third-order valence-corrected chi connectivity index (χ3v) is 4.36. The van der Waals surface area contributed by atoms with Gasteiger partial charge in [-0.15, -0.1) is 0 Å². The fourth-order valence-electron chi connectivity index (χ4n) is 2.80. The standard InChI is InChI=1S/C16H16F2O9/c1-4-5-2-6(17)9(20)8(18)14(5)26-15(24)13(4)27-16-12(23)11(22)10(21)7(3-19)25-16/h2,7,10-12,16,19-23H,3H2,1H3/t7-,10+,11+,12-,16?/m1/s1. The van der Waals surface area contributed by atoms with Crippen molar-refractivity contribution in [2.75, 3.05) is 6.61 Å². The molecule has 1 saturated heterocycles. The molecule has 0 amide bonds. The first-order valence-electron chi connectivity index (χ1n) is 7.78. The number of aromatic hydroxyl groups is 1. The van der Waals surface area contributed by atoms with E-state index < -0.39 is 71.7 Å². The molecule has 0 bridgehead atoms. The van der Waals surface area contributed by atoms with Crippen LogP contribution in [0.3, 0.4) is 0 Å². The van der Waals surface area contributed by atoms with E-state index in [4.69, 9.17) is 19.0 Å². The summed E-state index contributed by atoms with van der Waals surface area (Å²) >= 11 is 0.